The largest absolute Gasteiger partial charge is 0.493 e. The summed E-state index contributed by atoms with van der Waals surface area (Å²) < 4.78 is 10.3. The summed E-state index contributed by atoms with van der Waals surface area (Å²) in [6, 6.07) is 9.57. The lowest BCUT2D eigenvalue weighted by molar-refractivity contribution is -0.120. The van der Waals surface area contributed by atoms with Crippen molar-refractivity contribution in [3.05, 3.63) is 57.6 Å². The summed E-state index contributed by atoms with van der Waals surface area (Å²) in [6.07, 6.45) is 1.38. The van der Waals surface area contributed by atoms with E-state index in [1.807, 2.05) is 0 Å². The highest BCUT2D eigenvalue weighted by Gasteiger charge is 2.11. The molecule has 2 rings (SSSR count). The Morgan fingerprint density at radius 3 is 2.48 bits per heavy atom. The number of rotatable bonds is 7. The lowest BCUT2D eigenvalue weighted by Gasteiger charge is -2.09. The van der Waals surface area contributed by atoms with E-state index in [2.05, 4.69) is 15.8 Å². The van der Waals surface area contributed by atoms with Crippen LogP contribution in [0.4, 0.5) is 0 Å². The van der Waals surface area contributed by atoms with Crippen LogP contribution in [0.15, 0.2) is 41.5 Å². The molecule has 2 amide bonds. The molecule has 2 aromatic rings. The number of benzene rings is 2. The van der Waals surface area contributed by atoms with Crippen molar-refractivity contribution >= 4 is 41.2 Å². The Labute approximate surface area is 166 Å². The maximum Gasteiger partial charge on any atom is 0.259 e. The van der Waals surface area contributed by atoms with Gasteiger partial charge < -0.3 is 14.8 Å². The number of nitrogens with one attached hydrogen (secondary N) is 2. The Morgan fingerprint density at radius 1 is 1.07 bits per heavy atom. The summed E-state index contributed by atoms with van der Waals surface area (Å²) in [5, 5.41) is 7.19. The van der Waals surface area contributed by atoms with Crippen LogP contribution in [-0.4, -0.2) is 38.8 Å². The number of hydrazone groups is 1. The first kappa shape index (κ1) is 20.5. The average Bonchev–Trinajstić information content (AvgIpc) is 2.67. The Bertz CT molecular complexity index is 872. The van der Waals surface area contributed by atoms with Crippen molar-refractivity contribution in [2.45, 2.75) is 0 Å². The molecule has 0 bridgehead atoms. The van der Waals surface area contributed by atoms with Crippen LogP contribution >= 0.6 is 23.2 Å². The van der Waals surface area contributed by atoms with Gasteiger partial charge >= 0.3 is 0 Å². The molecule has 142 valence electrons. The van der Waals surface area contributed by atoms with E-state index in [4.69, 9.17) is 32.7 Å². The number of hydrogen-bond acceptors (Lipinski definition) is 5. The fourth-order valence-electron chi connectivity index (χ4n) is 2.06. The molecule has 0 saturated carbocycles. The summed E-state index contributed by atoms with van der Waals surface area (Å²) in [5.74, 6) is -0.0120. The minimum atomic E-state index is -0.495. The minimum Gasteiger partial charge on any atom is -0.493 e. The van der Waals surface area contributed by atoms with E-state index < -0.39 is 11.8 Å². The zero-order valence-electron chi connectivity index (χ0n) is 14.6. The van der Waals surface area contributed by atoms with Crippen molar-refractivity contribution in [3.8, 4) is 11.5 Å². The highest BCUT2D eigenvalue weighted by atomic mass is 35.5. The number of carbonyl (C=O) groups is 2. The highest BCUT2D eigenvalue weighted by molar-refractivity contribution is 6.36. The molecule has 9 heteroatoms. The second-order valence-corrected chi connectivity index (χ2v) is 6.06. The first-order valence-corrected chi connectivity index (χ1v) is 8.47. The maximum atomic E-state index is 12.1. The fourth-order valence-corrected chi connectivity index (χ4v) is 2.52. The number of halogens is 2. The Morgan fingerprint density at radius 2 is 1.81 bits per heavy atom. The molecule has 0 saturated heterocycles. The lowest BCUT2D eigenvalue weighted by atomic mass is 10.2. The van der Waals surface area contributed by atoms with Gasteiger partial charge in [0, 0.05) is 16.1 Å². The highest BCUT2D eigenvalue weighted by Crippen LogP contribution is 2.27. The molecule has 0 spiro atoms. The molecule has 2 N–H and O–H groups in total. The van der Waals surface area contributed by atoms with Crippen LogP contribution in [0.25, 0.3) is 0 Å². The topological polar surface area (TPSA) is 89.0 Å². The summed E-state index contributed by atoms with van der Waals surface area (Å²) in [4.78, 5) is 23.9. The van der Waals surface area contributed by atoms with Crippen molar-refractivity contribution in [2.24, 2.45) is 5.10 Å². The Balaban J connectivity index is 1.87. The molecule has 7 nitrogen and oxygen atoms in total. The van der Waals surface area contributed by atoms with Crippen LogP contribution in [0.3, 0.4) is 0 Å². The zero-order valence-corrected chi connectivity index (χ0v) is 16.1. The molecule has 0 fully saturated rings. The zero-order chi connectivity index (χ0) is 19.8. The molecular weight excluding hydrogens is 393 g/mol. The van der Waals surface area contributed by atoms with Crippen molar-refractivity contribution in [1.82, 2.24) is 10.7 Å². The van der Waals surface area contributed by atoms with Crippen molar-refractivity contribution < 1.29 is 19.1 Å². The van der Waals surface area contributed by atoms with E-state index in [-0.39, 0.29) is 6.54 Å². The first-order valence-electron chi connectivity index (χ1n) is 7.71. The number of amides is 2. The van der Waals surface area contributed by atoms with Gasteiger partial charge in [-0.3, -0.25) is 9.59 Å². The monoisotopic (exact) mass is 409 g/mol. The van der Waals surface area contributed by atoms with E-state index in [0.29, 0.717) is 32.7 Å². The Hall–Kier alpha value is -2.77. The standard InChI is InChI=1S/C18H17Cl2N3O4/c1-26-15-6-4-11(7-16(15)27-2)18(25)21-10-17(24)23-22-9-12-3-5-13(19)8-14(12)20/h3-9H,10H2,1-2H3,(H,21,25)(H,23,24). The number of hydrogen-bond donors (Lipinski definition) is 2. The van der Waals surface area contributed by atoms with E-state index in [0.717, 1.165) is 0 Å². The van der Waals surface area contributed by atoms with Gasteiger partial charge in [-0.1, -0.05) is 29.3 Å². The molecule has 0 aliphatic heterocycles. The lowest BCUT2D eigenvalue weighted by Crippen LogP contribution is -2.34. The van der Waals surface area contributed by atoms with E-state index in [1.165, 1.54) is 26.5 Å². The van der Waals surface area contributed by atoms with Crippen molar-refractivity contribution in [3.63, 3.8) is 0 Å². The van der Waals surface area contributed by atoms with E-state index >= 15 is 0 Å². The fraction of sp³-hybridized carbons (Fsp3) is 0.167. The number of ether oxygens (including phenoxy) is 2. The number of carbonyl (C=O) groups excluding carboxylic acids is 2. The molecule has 27 heavy (non-hydrogen) atoms. The number of methoxy groups -OCH3 is 2. The third kappa shape index (κ3) is 5.87. The average molecular weight is 410 g/mol. The second-order valence-electron chi connectivity index (χ2n) is 5.21. The quantitative estimate of drug-likeness (QED) is 0.543. The molecular formula is C18H17Cl2N3O4. The van der Waals surface area contributed by atoms with Crippen molar-refractivity contribution in [2.75, 3.05) is 20.8 Å². The van der Waals surface area contributed by atoms with Gasteiger partial charge in [0.05, 0.1) is 32.0 Å². The van der Waals surface area contributed by atoms with Crippen LogP contribution in [0.1, 0.15) is 15.9 Å². The third-order valence-corrected chi connectivity index (χ3v) is 3.97. The van der Waals surface area contributed by atoms with Gasteiger partial charge in [0.15, 0.2) is 11.5 Å². The van der Waals surface area contributed by atoms with Crippen LogP contribution in [-0.2, 0) is 4.79 Å². The van der Waals surface area contributed by atoms with Crippen LogP contribution < -0.4 is 20.2 Å². The van der Waals surface area contributed by atoms with Crippen LogP contribution in [0.5, 0.6) is 11.5 Å². The molecule has 0 radical (unpaired) electrons. The van der Waals surface area contributed by atoms with Gasteiger partial charge in [0.25, 0.3) is 11.8 Å². The van der Waals surface area contributed by atoms with E-state index in [9.17, 15) is 9.59 Å². The molecule has 2 aromatic carbocycles. The molecule has 0 heterocycles. The van der Waals surface area contributed by atoms with Gasteiger partial charge in [-0.05, 0) is 30.3 Å². The molecule has 0 unspecified atom stereocenters. The van der Waals surface area contributed by atoms with Crippen LogP contribution in [0.2, 0.25) is 10.0 Å². The molecule has 0 aliphatic rings. The normalized spacial score (nSPS) is 10.5. The molecule has 0 atom stereocenters. The van der Waals surface area contributed by atoms with Crippen molar-refractivity contribution in [1.29, 1.82) is 0 Å². The third-order valence-electron chi connectivity index (χ3n) is 3.41. The SMILES string of the molecule is COc1ccc(C(=O)NCC(=O)NN=Cc2ccc(Cl)cc2Cl)cc1OC. The maximum absolute atomic E-state index is 12.1. The summed E-state index contributed by atoms with van der Waals surface area (Å²) in [7, 11) is 2.97. The summed E-state index contributed by atoms with van der Waals surface area (Å²) in [5.41, 5.74) is 3.22. The van der Waals surface area contributed by atoms with Gasteiger partial charge in [0.1, 0.15) is 0 Å². The predicted octanol–water partition coefficient (Wildman–Crippen LogP) is 2.89. The van der Waals surface area contributed by atoms with Gasteiger partial charge in [-0.25, -0.2) is 5.43 Å². The van der Waals surface area contributed by atoms with Crippen LogP contribution in [0, 0.1) is 0 Å². The summed E-state index contributed by atoms with van der Waals surface area (Å²) >= 11 is 11.8. The van der Waals surface area contributed by atoms with E-state index in [1.54, 1.807) is 30.3 Å². The molecule has 0 aliphatic carbocycles. The Kier molecular flexibility index (Phi) is 7.45. The van der Waals surface area contributed by atoms with Gasteiger partial charge in [-0.2, -0.15) is 5.10 Å². The van der Waals surface area contributed by atoms with Gasteiger partial charge in [0.2, 0.25) is 0 Å². The predicted molar refractivity (Wildman–Crippen MR) is 104 cm³/mol. The second kappa shape index (κ2) is 9.80. The summed E-state index contributed by atoms with van der Waals surface area (Å²) in [6.45, 7) is -0.251. The first-order chi connectivity index (χ1) is 12.9. The smallest absolute Gasteiger partial charge is 0.259 e. The van der Waals surface area contributed by atoms with Gasteiger partial charge in [-0.15, -0.1) is 0 Å². The minimum absolute atomic E-state index is 0.251. The molecule has 0 aromatic heterocycles. The number of nitrogens with zero attached hydrogens (tertiary/aromatic N) is 1.